The fourth-order valence-electron chi connectivity index (χ4n) is 4.00. The standard InChI is InChI=1S/C27H37Cl2N7O3/c1-6-35-11-13-36(14-12-35)21-9-7-20(8-10-21)33-25-16-26(32-18-31-25)34(3)27(37)30-17-22(29)24(39-5)15-23(38-4)19(2)28/h7-10,15-16,18-19H,6,11-14,17H2,1-5H3,(H,30,37)(H,31,32,33)/b23-15+,24-22-. The zero-order valence-corrected chi connectivity index (χ0v) is 24.6. The molecule has 39 heavy (non-hydrogen) atoms. The van der Waals surface area contributed by atoms with Crippen molar-refractivity contribution in [3.8, 4) is 0 Å². The minimum absolute atomic E-state index is 0.0358. The number of carbonyl (C=O) groups excluding carboxylic acids is 1. The van der Waals surface area contributed by atoms with Crippen LogP contribution in [0.4, 0.5) is 27.8 Å². The van der Waals surface area contributed by atoms with Crippen LogP contribution in [-0.2, 0) is 9.47 Å². The van der Waals surface area contributed by atoms with Gasteiger partial charge in [-0.3, -0.25) is 4.90 Å². The van der Waals surface area contributed by atoms with Gasteiger partial charge < -0.3 is 29.9 Å². The molecule has 12 heteroatoms. The number of likely N-dealkylation sites (N-methyl/N-ethyl adjacent to an activating group) is 1. The predicted molar refractivity (Wildman–Crippen MR) is 158 cm³/mol. The topological polar surface area (TPSA) is 95.1 Å². The fourth-order valence-corrected chi connectivity index (χ4v) is 4.35. The SMILES string of the molecule is CCN1CCN(c2ccc(Nc3cc(N(C)C(=O)NC/C(Cl)=C(\C=C(\OC)C(C)Cl)OC)ncn3)cc2)CC1. The largest absolute Gasteiger partial charge is 0.499 e. The number of rotatable bonds is 11. The van der Waals surface area contributed by atoms with E-state index in [4.69, 9.17) is 32.7 Å². The monoisotopic (exact) mass is 577 g/mol. The number of nitrogens with one attached hydrogen (secondary N) is 2. The number of ether oxygens (including phenoxy) is 2. The number of hydrogen-bond donors (Lipinski definition) is 2. The van der Waals surface area contributed by atoms with Gasteiger partial charge in [-0.15, -0.1) is 11.6 Å². The fraction of sp³-hybridized carbons (Fsp3) is 0.444. The number of alkyl halides is 1. The second-order valence-electron chi connectivity index (χ2n) is 8.91. The van der Waals surface area contributed by atoms with Gasteiger partial charge in [0, 0.05) is 56.7 Å². The van der Waals surface area contributed by atoms with Crippen LogP contribution in [0, 0.1) is 0 Å². The Morgan fingerprint density at radius 3 is 2.44 bits per heavy atom. The quantitative estimate of drug-likeness (QED) is 0.224. The summed E-state index contributed by atoms with van der Waals surface area (Å²) in [4.78, 5) is 27.5. The average molecular weight is 579 g/mol. The number of nitrogens with zero attached hydrogens (tertiary/aromatic N) is 5. The van der Waals surface area contributed by atoms with Crippen molar-refractivity contribution in [1.82, 2.24) is 20.2 Å². The Kier molecular flexibility index (Phi) is 11.5. The van der Waals surface area contributed by atoms with E-state index >= 15 is 0 Å². The van der Waals surface area contributed by atoms with E-state index in [2.05, 4.69) is 49.5 Å². The van der Waals surface area contributed by atoms with Crippen LogP contribution in [0.3, 0.4) is 0 Å². The van der Waals surface area contributed by atoms with Crippen molar-refractivity contribution in [2.45, 2.75) is 19.2 Å². The third kappa shape index (κ3) is 8.64. The molecule has 0 saturated carbocycles. The van der Waals surface area contributed by atoms with Gasteiger partial charge in [-0.05, 0) is 37.7 Å². The molecule has 1 aliphatic heterocycles. The summed E-state index contributed by atoms with van der Waals surface area (Å²) in [6.45, 7) is 9.30. The normalized spacial score (nSPS) is 15.8. The zero-order valence-electron chi connectivity index (χ0n) is 23.1. The van der Waals surface area contributed by atoms with Crippen molar-refractivity contribution in [2.24, 2.45) is 0 Å². The van der Waals surface area contributed by atoms with Gasteiger partial charge in [0.15, 0.2) is 0 Å². The molecule has 10 nitrogen and oxygen atoms in total. The maximum atomic E-state index is 12.8. The molecule has 0 bridgehead atoms. The molecule has 1 atom stereocenters. The smallest absolute Gasteiger partial charge is 0.323 e. The van der Waals surface area contributed by atoms with Gasteiger partial charge in [0.25, 0.3) is 0 Å². The van der Waals surface area contributed by atoms with Gasteiger partial charge in [0.05, 0.1) is 31.2 Å². The van der Waals surface area contributed by atoms with E-state index in [-0.39, 0.29) is 17.0 Å². The summed E-state index contributed by atoms with van der Waals surface area (Å²) >= 11 is 12.5. The molecular weight excluding hydrogens is 541 g/mol. The van der Waals surface area contributed by atoms with Gasteiger partial charge in [0.1, 0.15) is 29.5 Å². The summed E-state index contributed by atoms with van der Waals surface area (Å²) in [6, 6.07) is 9.56. The summed E-state index contributed by atoms with van der Waals surface area (Å²) in [6.07, 6.45) is 3.00. The summed E-state index contributed by atoms with van der Waals surface area (Å²) in [5, 5.41) is 5.95. The Morgan fingerprint density at radius 2 is 1.85 bits per heavy atom. The lowest BCUT2D eigenvalue weighted by molar-refractivity contribution is 0.248. The van der Waals surface area contributed by atoms with Crippen LogP contribution in [0.2, 0.25) is 0 Å². The lowest BCUT2D eigenvalue weighted by atomic mass is 10.2. The predicted octanol–water partition coefficient (Wildman–Crippen LogP) is 4.76. The first-order valence-corrected chi connectivity index (χ1v) is 13.6. The minimum atomic E-state index is -0.401. The highest BCUT2D eigenvalue weighted by Crippen LogP contribution is 2.23. The lowest BCUT2D eigenvalue weighted by Gasteiger charge is -2.35. The van der Waals surface area contributed by atoms with Gasteiger partial charge in [0.2, 0.25) is 0 Å². The summed E-state index contributed by atoms with van der Waals surface area (Å²) < 4.78 is 10.6. The van der Waals surface area contributed by atoms with E-state index in [1.54, 1.807) is 26.1 Å². The number of anilines is 4. The summed E-state index contributed by atoms with van der Waals surface area (Å²) in [7, 11) is 4.60. The maximum absolute atomic E-state index is 12.8. The van der Waals surface area contributed by atoms with E-state index in [9.17, 15) is 4.79 Å². The van der Waals surface area contributed by atoms with Gasteiger partial charge in [-0.25, -0.2) is 14.8 Å². The number of urea groups is 1. The summed E-state index contributed by atoms with van der Waals surface area (Å²) in [5.74, 6) is 1.81. The van der Waals surface area contributed by atoms with Crippen LogP contribution < -0.4 is 20.4 Å². The van der Waals surface area contributed by atoms with E-state index in [0.29, 0.717) is 23.2 Å². The number of hydrogen-bond acceptors (Lipinski definition) is 8. The number of aromatic nitrogens is 2. The van der Waals surface area contributed by atoms with Crippen LogP contribution in [0.25, 0.3) is 0 Å². The van der Waals surface area contributed by atoms with Crippen molar-refractivity contribution in [1.29, 1.82) is 0 Å². The average Bonchev–Trinajstić information content (AvgIpc) is 2.96. The number of amides is 2. The molecule has 1 unspecified atom stereocenters. The van der Waals surface area contributed by atoms with Gasteiger partial charge in [-0.2, -0.15) is 0 Å². The Labute approximate surface area is 240 Å². The first-order chi connectivity index (χ1) is 18.7. The van der Waals surface area contributed by atoms with Crippen LogP contribution in [-0.4, -0.2) is 86.8 Å². The number of benzene rings is 1. The molecule has 1 aliphatic rings. The molecule has 1 aromatic carbocycles. The molecule has 212 valence electrons. The molecule has 2 aromatic rings. The Hall–Kier alpha value is -3.21. The highest BCUT2D eigenvalue weighted by molar-refractivity contribution is 6.30. The molecule has 2 N–H and O–H groups in total. The molecule has 0 radical (unpaired) electrons. The lowest BCUT2D eigenvalue weighted by Crippen LogP contribution is -2.46. The number of methoxy groups -OCH3 is 2. The van der Waals surface area contributed by atoms with Crippen molar-refractivity contribution < 1.29 is 14.3 Å². The summed E-state index contributed by atoms with van der Waals surface area (Å²) in [5.41, 5.74) is 2.09. The molecule has 1 saturated heterocycles. The molecular formula is C27H37Cl2N7O3. The van der Waals surface area contributed by atoms with E-state index in [1.165, 1.54) is 31.1 Å². The molecule has 2 heterocycles. The molecule has 1 fully saturated rings. The Bertz CT molecular complexity index is 1150. The van der Waals surface area contributed by atoms with Gasteiger partial charge >= 0.3 is 6.03 Å². The number of piperazine rings is 1. The van der Waals surface area contributed by atoms with Crippen molar-refractivity contribution in [3.05, 3.63) is 59.3 Å². The van der Waals surface area contributed by atoms with Crippen LogP contribution in [0.5, 0.6) is 0 Å². The van der Waals surface area contributed by atoms with Crippen LogP contribution >= 0.6 is 23.2 Å². The molecule has 1 aromatic heterocycles. The van der Waals surface area contributed by atoms with E-state index in [1.807, 2.05) is 12.1 Å². The van der Waals surface area contributed by atoms with Crippen LogP contribution in [0.1, 0.15) is 13.8 Å². The Balaban J connectivity index is 1.60. The molecule has 3 rings (SSSR count). The second kappa shape index (κ2) is 14.8. The van der Waals surface area contributed by atoms with E-state index in [0.717, 1.165) is 38.4 Å². The number of allylic oxidation sites excluding steroid dienone is 2. The highest BCUT2D eigenvalue weighted by Gasteiger charge is 2.17. The maximum Gasteiger partial charge on any atom is 0.323 e. The minimum Gasteiger partial charge on any atom is -0.499 e. The first-order valence-electron chi connectivity index (χ1n) is 12.8. The third-order valence-corrected chi connectivity index (χ3v) is 6.94. The molecule has 0 spiro atoms. The third-order valence-electron chi connectivity index (χ3n) is 6.41. The van der Waals surface area contributed by atoms with Gasteiger partial charge in [-0.1, -0.05) is 18.5 Å². The first kappa shape index (κ1) is 30.3. The number of carbonyl (C=O) groups is 1. The highest BCUT2D eigenvalue weighted by atomic mass is 35.5. The van der Waals surface area contributed by atoms with Crippen molar-refractivity contribution >= 4 is 52.2 Å². The second-order valence-corrected chi connectivity index (χ2v) is 10.0. The van der Waals surface area contributed by atoms with Crippen molar-refractivity contribution in [3.63, 3.8) is 0 Å². The van der Waals surface area contributed by atoms with Crippen molar-refractivity contribution in [2.75, 3.05) is 75.7 Å². The zero-order chi connectivity index (χ0) is 28.4. The van der Waals surface area contributed by atoms with Crippen LogP contribution in [0.15, 0.2) is 59.3 Å². The molecule has 2 amide bonds. The van der Waals surface area contributed by atoms with E-state index < -0.39 is 6.03 Å². The number of halogens is 2. The molecule has 0 aliphatic carbocycles. The Morgan fingerprint density at radius 1 is 1.15 bits per heavy atom.